The van der Waals surface area contributed by atoms with Crippen molar-refractivity contribution in [2.24, 2.45) is 5.92 Å². The zero-order valence-electron chi connectivity index (χ0n) is 14.9. The molecule has 0 spiro atoms. The Morgan fingerprint density at radius 3 is 2.56 bits per heavy atom. The van der Waals surface area contributed by atoms with E-state index in [0.717, 1.165) is 57.3 Å². The van der Waals surface area contributed by atoms with Crippen LogP contribution in [0.5, 0.6) is 11.5 Å². The molecular weight excluding hydrogens is 312 g/mol. The lowest BCUT2D eigenvalue weighted by atomic mass is 9.95. The summed E-state index contributed by atoms with van der Waals surface area (Å²) in [5.41, 5.74) is 2.61. The van der Waals surface area contributed by atoms with E-state index in [0.29, 0.717) is 5.92 Å². The average molecular weight is 338 g/mol. The van der Waals surface area contributed by atoms with Crippen LogP contribution >= 0.6 is 0 Å². The summed E-state index contributed by atoms with van der Waals surface area (Å²) in [6.07, 6.45) is 1.07. The van der Waals surface area contributed by atoms with Crippen molar-refractivity contribution in [1.82, 2.24) is 4.90 Å². The molecule has 4 heteroatoms. The first-order valence-corrected chi connectivity index (χ1v) is 9.14. The van der Waals surface area contributed by atoms with Crippen LogP contribution in [-0.4, -0.2) is 51.3 Å². The second-order valence-corrected chi connectivity index (χ2v) is 6.95. The number of piperazine rings is 1. The maximum absolute atomic E-state index is 6.03. The quantitative estimate of drug-likeness (QED) is 0.855. The first-order chi connectivity index (χ1) is 12.3. The Morgan fingerprint density at radius 2 is 1.80 bits per heavy atom. The summed E-state index contributed by atoms with van der Waals surface area (Å²) < 4.78 is 11.4. The molecular formula is C21H26N2O2. The van der Waals surface area contributed by atoms with Gasteiger partial charge in [-0.2, -0.15) is 0 Å². The number of methoxy groups -OCH3 is 1. The minimum absolute atomic E-state index is 0.558. The van der Waals surface area contributed by atoms with Gasteiger partial charge in [0.15, 0.2) is 11.5 Å². The predicted molar refractivity (Wildman–Crippen MR) is 101 cm³/mol. The molecule has 1 fully saturated rings. The predicted octanol–water partition coefficient (Wildman–Crippen LogP) is 3.07. The highest BCUT2D eigenvalue weighted by Crippen LogP contribution is 2.36. The van der Waals surface area contributed by atoms with Crippen LogP contribution in [0.25, 0.3) is 0 Å². The van der Waals surface area contributed by atoms with Crippen LogP contribution in [0, 0.1) is 5.92 Å². The van der Waals surface area contributed by atoms with E-state index < -0.39 is 0 Å². The highest BCUT2D eigenvalue weighted by Gasteiger charge is 2.26. The molecule has 1 unspecified atom stereocenters. The van der Waals surface area contributed by atoms with E-state index in [2.05, 4.69) is 52.3 Å². The van der Waals surface area contributed by atoms with Gasteiger partial charge in [0.2, 0.25) is 0 Å². The third kappa shape index (κ3) is 3.59. The summed E-state index contributed by atoms with van der Waals surface area (Å²) in [5, 5.41) is 0. The molecule has 1 atom stereocenters. The molecule has 2 aromatic carbocycles. The van der Waals surface area contributed by atoms with Crippen LogP contribution < -0.4 is 14.4 Å². The van der Waals surface area contributed by atoms with Crippen molar-refractivity contribution in [3.05, 3.63) is 54.1 Å². The number of hydrogen-bond donors (Lipinski definition) is 0. The Kier molecular flexibility index (Phi) is 4.79. The van der Waals surface area contributed by atoms with Crippen LogP contribution in [0.15, 0.2) is 48.5 Å². The van der Waals surface area contributed by atoms with E-state index in [-0.39, 0.29) is 0 Å². The van der Waals surface area contributed by atoms with Crippen molar-refractivity contribution in [2.75, 3.05) is 51.3 Å². The lowest BCUT2D eigenvalue weighted by molar-refractivity contribution is 0.151. The van der Waals surface area contributed by atoms with Crippen molar-refractivity contribution >= 4 is 5.69 Å². The molecule has 25 heavy (non-hydrogen) atoms. The summed E-state index contributed by atoms with van der Waals surface area (Å²) in [7, 11) is 1.71. The summed E-state index contributed by atoms with van der Waals surface area (Å²) in [5.74, 6) is 2.35. The Bertz CT molecular complexity index is 696. The lowest BCUT2D eigenvalue weighted by Crippen LogP contribution is -2.48. The Balaban J connectivity index is 1.32. The molecule has 0 radical (unpaired) electrons. The molecule has 0 aliphatic carbocycles. The normalized spacial score (nSPS) is 20.7. The third-order valence-corrected chi connectivity index (χ3v) is 5.26. The molecule has 0 amide bonds. The van der Waals surface area contributed by atoms with E-state index in [1.165, 1.54) is 11.3 Å². The van der Waals surface area contributed by atoms with Crippen LogP contribution in [0.4, 0.5) is 5.69 Å². The van der Waals surface area contributed by atoms with Gasteiger partial charge in [-0.3, -0.25) is 4.90 Å². The van der Waals surface area contributed by atoms with Gasteiger partial charge in [-0.1, -0.05) is 30.3 Å². The summed E-state index contributed by atoms with van der Waals surface area (Å²) in [6.45, 7) is 6.34. The van der Waals surface area contributed by atoms with Gasteiger partial charge in [0.05, 0.1) is 13.7 Å². The van der Waals surface area contributed by atoms with Crippen LogP contribution in [0.2, 0.25) is 0 Å². The molecule has 2 aliphatic rings. The van der Waals surface area contributed by atoms with E-state index in [9.17, 15) is 0 Å². The first kappa shape index (κ1) is 16.3. The van der Waals surface area contributed by atoms with Gasteiger partial charge >= 0.3 is 0 Å². The lowest BCUT2D eigenvalue weighted by Gasteiger charge is -2.38. The number of nitrogens with zero attached hydrogens (tertiary/aromatic N) is 2. The van der Waals surface area contributed by atoms with Crippen molar-refractivity contribution in [3.63, 3.8) is 0 Å². The number of hydrogen-bond acceptors (Lipinski definition) is 4. The number of para-hydroxylation sites is 2. The van der Waals surface area contributed by atoms with Gasteiger partial charge in [-0.25, -0.2) is 0 Å². The monoisotopic (exact) mass is 338 g/mol. The molecule has 4 rings (SSSR count). The summed E-state index contributed by atoms with van der Waals surface area (Å²) in [6, 6.07) is 16.9. The van der Waals surface area contributed by atoms with Gasteiger partial charge in [0.1, 0.15) is 0 Å². The molecule has 0 bridgehead atoms. The van der Waals surface area contributed by atoms with Crippen LogP contribution in [0.1, 0.15) is 5.56 Å². The number of ether oxygens (including phenoxy) is 2. The van der Waals surface area contributed by atoms with Gasteiger partial charge in [-0.05, 0) is 30.2 Å². The minimum atomic E-state index is 0.558. The minimum Gasteiger partial charge on any atom is -0.493 e. The standard InChI is InChI=1S/C21H26N2O2/c1-24-20-9-5-6-18-14-17(16-25-21(18)20)15-22-10-12-23(13-11-22)19-7-3-2-4-8-19/h2-9,17H,10-16H2,1H3. The zero-order valence-corrected chi connectivity index (χ0v) is 14.9. The van der Waals surface area contributed by atoms with Gasteiger partial charge < -0.3 is 14.4 Å². The SMILES string of the molecule is COc1cccc2c1OCC(CN1CCN(c3ccccc3)CC1)C2. The molecule has 132 valence electrons. The Hall–Kier alpha value is -2.20. The fourth-order valence-electron chi connectivity index (χ4n) is 3.93. The van der Waals surface area contributed by atoms with Gasteiger partial charge in [-0.15, -0.1) is 0 Å². The Morgan fingerprint density at radius 1 is 1.00 bits per heavy atom. The topological polar surface area (TPSA) is 24.9 Å². The smallest absolute Gasteiger partial charge is 0.164 e. The fraction of sp³-hybridized carbons (Fsp3) is 0.429. The Labute approximate surface area is 150 Å². The average Bonchev–Trinajstić information content (AvgIpc) is 2.68. The molecule has 1 saturated heterocycles. The maximum atomic E-state index is 6.03. The number of anilines is 1. The molecule has 2 aliphatic heterocycles. The fourth-order valence-corrected chi connectivity index (χ4v) is 3.93. The molecule has 0 aromatic heterocycles. The molecule has 2 aromatic rings. The van der Waals surface area contributed by atoms with Crippen molar-refractivity contribution in [1.29, 1.82) is 0 Å². The highest BCUT2D eigenvalue weighted by atomic mass is 16.5. The second kappa shape index (κ2) is 7.36. The first-order valence-electron chi connectivity index (χ1n) is 9.14. The summed E-state index contributed by atoms with van der Waals surface area (Å²) in [4.78, 5) is 5.06. The van der Waals surface area contributed by atoms with Crippen molar-refractivity contribution < 1.29 is 9.47 Å². The number of fused-ring (bicyclic) bond motifs is 1. The highest BCUT2D eigenvalue weighted by molar-refractivity contribution is 5.48. The van der Waals surface area contributed by atoms with E-state index in [1.807, 2.05) is 6.07 Å². The molecule has 4 nitrogen and oxygen atoms in total. The molecule has 2 heterocycles. The van der Waals surface area contributed by atoms with E-state index in [1.54, 1.807) is 7.11 Å². The number of benzene rings is 2. The molecule has 0 N–H and O–H groups in total. The third-order valence-electron chi connectivity index (χ3n) is 5.26. The van der Waals surface area contributed by atoms with Crippen LogP contribution in [-0.2, 0) is 6.42 Å². The van der Waals surface area contributed by atoms with E-state index in [4.69, 9.17) is 9.47 Å². The van der Waals surface area contributed by atoms with Crippen LogP contribution in [0.3, 0.4) is 0 Å². The number of rotatable bonds is 4. The van der Waals surface area contributed by atoms with Gasteiger partial charge in [0.25, 0.3) is 0 Å². The maximum Gasteiger partial charge on any atom is 0.164 e. The largest absolute Gasteiger partial charge is 0.493 e. The second-order valence-electron chi connectivity index (χ2n) is 6.95. The van der Waals surface area contributed by atoms with Crippen molar-refractivity contribution in [3.8, 4) is 11.5 Å². The van der Waals surface area contributed by atoms with E-state index >= 15 is 0 Å². The summed E-state index contributed by atoms with van der Waals surface area (Å²) >= 11 is 0. The van der Waals surface area contributed by atoms with Crippen molar-refractivity contribution in [2.45, 2.75) is 6.42 Å². The molecule has 0 saturated carbocycles. The zero-order chi connectivity index (χ0) is 17.1. The van der Waals surface area contributed by atoms with Gasteiger partial charge in [0, 0.05) is 44.3 Å².